The smallest absolute Gasteiger partial charge is 0.226 e. The molecule has 0 aliphatic carbocycles. The number of nitrogens with zero attached hydrogens (tertiary/aromatic N) is 1. The Morgan fingerprint density at radius 3 is 2.38 bits per heavy atom. The minimum absolute atomic E-state index is 0. The number of aliphatic imine (C=N–C) groups is 1. The van der Waals surface area contributed by atoms with E-state index < -0.39 is 0 Å². The van der Waals surface area contributed by atoms with Gasteiger partial charge in [-0.3, -0.25) is 4.79 Å². The average Bonchev–Trinajstić information content (AvgIpc) is 3.21. The van der Waals surface area contributed by atoms with Crippen LogP contribution in [0.15, 0.2) is 46.8 Å². The van der Waals surface area contributed by atoms with E-state index in [9.17, 15) is 4.79 Å². The molecule has 0 fully saturated rings. The van der Waals surface area contributed by atoms with E-state index >= 15 is 0 Å². The van der Waals surface area contributed by atoms with Gasteiger partial charge < -0.3 is 16.0 Å². The van der Waals surface area contributed by atoms with Crippen molar-refractivity contribution in [2.75, 3.05) is 18.4 Å². The lowest BCUT2D eigenvalue weighted by Crippen LogP contribution is -2.43. The molecule has 29 heavy (non-hydrogen) atoms. The second-order valence-corrected chi connectivity index (χ2v) is 8.70. The van der Waals surface area contributed by atoms with E-state index in [1.807, 2.05) is 38.1 Å². The van der Waals surface area contributed by atoms with Gasteiger partial charge in [-0.25, -0.2) is 4.99 Å². The molecule has 2 rings (SSSR count). The second kappa shape index (κ2) is 12.2. The third-order valence-electron chi connectivity index (χ3n) is 4.40. The van der Waals surface area contributed by atoms with Crippen LogP contribution < -0.4 is 16.0 Å². The molecule has 2 aromatic rings. The number of thiophene rings is 1. The van der Waals surface area contributed by atoms with E-state index in [-0.39, 0.29) is 41.2 Å². The van der Waals surface area contributed by atoms with E-state index in [0.29, 0.717) is 6.54 Å². The van der Waals surface area contributed by atoms with E-state index in [1.54, 1.807) is 11.3 Å². The monoisotopic (exact) mass is 528 g/mol. The summed E-state index contributed by atoms with van der Waals surface area (Å²) in [6.45, 7) is 12.5. The maximum atomic E-state index is 11.8. The van der Waals surface area contributed by atoms with Gasteiger partial charge in [-0.15, -0.1) is 35.3 Å². The molecule has 0 aliphatic heterocycles. The second-order valence-electron chi connectivity index (χ2n) is 7.75. The molecule has 5 nitrogen and oxygen atoms in total. The summed E-state index contributed by atoms with van der Waals surface area (Å²) in [7, 11) is 0. The predicted octanol–water partition coefficient (Wildman–Crippen LogP) is 4.99. The Kier molecular flexibility index (Phi) is 10.7. The fourth-order valence-corrected chi connectivity index (χ4v) is 3.40. The van der Waals surface area contributed by atoms with Crippen LogP contribution in [0, 0.1) is 5.92 Å². The molecular formula is C22H33IN4OS. The first kappa shape index (κ1) is 25.4. The summed E-state index contributed by atoms with van der Waals surface area (Å²) in [5.74, 6) is 0.804. The molecule has 0 saturated carbocycles. The van der Waals surface area contributed by atoms with Crippen molar-refractivity contribution in [2.24, 2.45) is 10.9 Å². The third-order valence-corrected chi connectivity index (χ3v) is 5.63. The highest BCUT2D eigenvalue weighted by Gasteiger charge is 2.21. The summed E-state index contributed by atoms with van der Waals surface area (Å²) in [5.41, 5.74) is 1.95. The van der Waals surface area contributed by atoms with Crippen molar-refractivity contribution < 1.29 is 4.79 Å². The lowest BCUT2D eigenvalue weighted by molar-refractivity contribution is -0.118. The number of anilines is 1. The van der Waals surface area contributed by atoms with Crippen LogP contribution in [0.1, 0.15) is 45.1 Å². The Labute approximate surface area is 195 Å². The fourth-order valence-electron chi connectivity index (χ4n) is 2.55. The highest BCUT2D eigenvalue weighted by molar-refractivity contribution is 14.0. The van der Waals surface area contributed by atoms with Crippen LogP contribution in [-0.2, 0) is 16.8 Å². The molecular weight excluding hydrogens is 495 g/mol. The van der Waals surface area contributed by atoms with Gasteiger partial charge in [-0.2, -0.15) is 0 Å². The zero-order chi connectivity index (χ0) is 20.6. The fraction of sp³-hybridized carbons (Fsp3) is 0.455. The van der Waals surface area contributed by atoms with Crippen molar-refractivity contribution in [1.29, 1.82) is 0 Å². The minimum atomic E-state index is -0.0311. The molecule has 0 unspecified atom stereocenters. The number of benzene rings is 1. The van der Waals surface area contributed by atoms with Crippen LogP contribution in [0.5, 0.6) is 0 Å². The van der Waals surface area contributed by atoms with Crippen molar-refractivity contribution >= 4 is 52.9 Å². The van der Waals surface area contributed by atoms with E-state index in [4.69, 9.17) is 4.99 Å². The van der Waals surface area contributed by atoms with Crippen LogP contribution in [-0.4, -0.2) is 25.0 Å². The first-order chi connectivity index (χ1) is 13.3. The number of carbonyl (C=O) groups is 1. The predicted molar refractivity (Wildman–Crippen MR) is 135 cm³/mol. The number of nitrogens with one attached hydrogen (secondary N) is 3. The highest BCUT2D eigenvalue weighted by atomic mass is 127. The van der Waals surface area contributed by atoms with Crippen LogP contribution in [0.2, 0.25) is 0 Å². The summed E-state index contributed by atoms with van der Waals surface area (Å²) >= 11 is 1.78. The average molecular weight is 529 g/mol. The Morgan fingerprint density at radius 2 is 1.83 bits per heavy atom. The number of amides is 1. The largest absolute Gasteiger partial charge is 0.357 e. The molecule has 160 valence electrons. The number of carbonyl (C=O) groups excluding carboxylic acids is 1. The van der Waals surface area contributed by atoms with E-state index in [0.717, 1.165) is 30.3 Å². The molecule has 0 saturated heterocycles. The molecule has 1 heterocycles. The lowest BCUT2D eigenvalue weighted by Gasteiger charge is -2.25. The number of hydrogen-bond acceptors (Lipinski definition) is 3. The molecule has 0 spiro atoms. The molecule has 1 aromatic carbocycles. The SMILES string of the molecule is CCNC(=NCc1ccc(NC(=O)C(C)C)cc1)NCC(C)(C)c1cccs1.I. The summed E-state index contributed by atoms with van der Waals surface area (Å²) in [4.78, 5) is 17.8. The van der Waals surface area contributed by atoms with Crippen molar-refractivity contribution in [3.63, 3.8) is 0 Å². The summed E-state index contributed by atoms with van der Waals surface area (Å²) in [6, 6.07) is 12.1. The van der Waals surface area contributed by atoms with Crippen molar-refractivity contribution in [1.82, 2.24) is 10.6 Å². The van der Waals surface area contributed by atoms with E-state index in [1.165, 1.54) is 4.88 Å². The number of halogens is 1. The van der Waals surface area contributed by atoms with Crippen molar-refractivity contribution in [3.05, 3.63) is 52.2 Å². The summed E-state index contributed by atoms with van der Waals surface area (Å²) in [5, 5.41) is 11.8. The molecule has 3 N–H and O–H groups in total. The minimum Gasteiger partial charge on any atom is -0.357 e. The van der Waals surface area contributed by atoms with Gasteiger partial charge in [0.25, 0.3) is 0 Å². The first-order valence-corrected chi connectivity index (χ1v) is 10.7. The Balaban J connectivity index is 0.00000420. The molecule has 0 radical (unpaired) electrons. The zero-order valence-corrected chi connectivity index (χ0v) is 21.1. The quantitative estimate of drug-likeness (QED) is 0.257. The standard InChI is InChI=1S/C22H32N4OS.HI/c1-6-23-21(25-15-22(4,5)19-8-7-13-28-19)24-14-17-9-11-18(12-10-17)26-20(27)16(2)3;/h7-13,16H,6,14-15H2,1-5H3,(H,26,27)(H2,23,24,25);1H. The van der Waals surface area contributed by atoms with Gasteiger partial charge in [0.15, 0.2) is 5.96 Å². The van der Waals surface area contributed by atoms with E-state index in [2.05, 4.69) is 54.2 Å². The summed E-state index contributed by atoms with van der Waals surface area (Å²) in [6.07, 6.45) is 0. The first-order valence-electron chi connectivity index (χ1n) is 9.78. The number of guanidine groups is 1. The molecule has 0 bridgehead atoms. The van der Waals surface area contributed by atoms with Gasteiger partial charge in [-0.05, 0) is 36.1 Å². The van der Waals surface area contributed by atoms with Crippen molar-refractivity contribution in [2.45, 2.75) is 46.6 Å². The van der Waals surface area contributed by atoms with Gasteiger partial charge >= 0.3 is 0 Å². The highest BCUT2D eigenvalue weighted by Crippen LogP contribution is 2.26. The van der Waals surface area contributed by atoms with Gasteiger partial charge in [0.1, 0.15) is 0 Å². The topological polar surface area (TPSA) is 65.5 Å². The van der Waals surface area contributed by atoms with Gasteiger partial charge in [-0.1, -0.05) is 45.9 Å². The Bertz CT molecular complexity index is 771. The number of rotatable bonds is 8. The summed E-state index contributed by atoms with van der Waals surface area (Å²) < 4.78 is 0. The molecule has 1 aromatic heterocycles. The van der Waals surface area contributed by atoms with Crippen LogP contribution in [0.4, 0.5) is 5.69 Å². The Morgan fingerprint density at radius 1 is 1.14 bits per heavy atom. The molecule has 1 amide bonds. The maximum Gasteiger partial charge on any atom is 0.226 e. The van der Waals surface area contributed by atoms with Crippen LogP contribution >= 0.6 is 35.3 Å². The third kappa shape index (κ3) is 8.34. The zero-order valence-electron chi connectivity index (χ0n) is 17.9. The molecule has 7 heteroatoms. The lowest BCUT2D eigenvalue weighted by atomic mass is 9.91. The molecule has 0 atom stereocenters. The van der Waals surface area contributed by atoms with Crippen molar-refractivity contribution in [3.8, 4) is 0 Å². The van der Waals surface area contributed by atoms with Gasteiger partial charge in [0.05, 0.1) is 6.54 Å². The van der Waals surface area contributed by atoms with Gasteiger partial charge in [0, 0.05) is 35.0 Å². The number of hydrogen-bond donors (Lipinski definition) is 3. The Hall–Kier alpha value is -1.61. The normalized spacial score (nSPS) is 11.7. The van der Waals surface area contributed by atoms with Crippen LogP contribution in [0.25, 0.3) is 0 Å². The van der Waals surface area contributed by atoms with Gasteiger partial charge in [0.2, 0.25) is 5.91 Å². The van der Waals surface area contributed by atoms with Crippen LogP contribution in [0.3, 0.4) is 0 Å². The maximum absolute atomic E-state index is 11.8. The molecule has 0 aliphatic rings.